The first-order valence-corrected chi connectivity index (χ1v) is 7.53. The minimum atomic E-state index is -0.795. The molecule has 6 heteroatoms. The number of halogens is 2. The molecule has 1 aromatic carbocycles. The Labute approximate surface area is 128 Å². The molecule has 1 unspecified atom stereocenters. The van der Waals surface area contributed by atoms with E-state index in [1.165, 1.54) is 12.1 Å². The molecule has 1 aromatic heterocycles. The zero-order chi connectivity index (χ0) is 15.5. The van der Waals surface area contributed by atoms with Gasteiger partial charge in [0.15, 0.2) is 11.6 Å². The van der Waals surface area contributed by atoms with Crippen molar-refractivity contribution < 1.29 is 8.78 Å². The Morgan fingerprint density at radius 3 is 2.95 bits per heavy atom. The van der Waals surface area contributed by atoms with Gasteiger partial charge in [0.05, 0.1) is 11.9 Å². The summed E-state index contributed by atoms with van der Waals surface area (Å²) in [5, 5.41) is 10.4. The number of aromatic amines is 1. The largest absolute Gasteiger partial charge is 0.371 e. The topological polar surface area (TPSA) is 44.0 Å². The van der Waals surface area contributed by atoms with Crippen LogP contribution in [0.25, 0.3) is 0 Å². The van der Waals surface area contributed by atoms with Gasteiger partial charge in [0, 0.05) is 37.9 Å². The standard InChI is InChI=1S/C16H20F2N4/c1-11-7-20-21-16(11)9-19-8-12-4-5-22(10-12)13-2-3-14(17)15(18)6-13/h2-3,6-7,12,19H,4-5,8-10H2,1H3,(H,20,21). The van der Waals surface area contributed by atoms with Gasteiger partial charge in [-0.3, -0.25) is 5.10 Å². The lowest BCUT2D eigenvalue weighted by Crippen LogP contribution is -2.26. The van der Waals surface area contributed by atoms with Gasteiger partial charge in [-0.05, 0) is 37.0 Å². The smallest absolute Gasteiger partial charge is 0.160 e. The molecular weight excluding hydrogens is 286 g/mol. The molecule has 0 saturated carbocycles. The van der Waals surface area contributed by atoms with E-state index in [0.29, 0.717) is 5.92 Å². The summed E-state index contributed by atoms with van der Waals surface area (Å²) in [7, 11) is 0. The van der Waals surface area contributed by atoms with E-state index < -0.39 is 11.6 Å². The van der Waals surface area contributed by atoms with Crippen LogP contribution in [0.4, 0.5) is 14.5 Å². The summed E-state index contributed by atoms with van der Waals surface area (Å²) in [6, 6.07) is 4.11. The molecule has 1 fully saturated rings. The molecule has 2 N–H and O–H groups in total. The monoisotopic (exact) mass is 306 g/mol. The lowest BCUT2D eigenvalue weighted by Gasteiger charge is -2.19. The van der Waals surface area contributed by atoms with E-state index in [2.05, 4.69) is 20.4 Å². The maximum absolute atomic E-state index is 13.3. The number of nitrogens with zero attached hydrogens (tertiary/aromatic N) is 2. The van der Waals surface area contributed by atoms with Gasteiger partial charge in [-0.1, -0.05) is 0 Å². The maximum Gasteiger partial charge on any atom is 0.160 e. The Morgan fingerprint density at radius 1 is 1.36 bits per heavy atom. The second-order valence-corrected chi connectivity index (χ2v) is 5.86. The van der Waals surface area contributed by atoms with Crippen LogP contribution in [0.15, 0.2) is 24.4 Å². The molecule has 1 saturated heterocycles. The van der Waals surface area contributed by atoms with Crippen molar-refractivity contribution in [2.45, 2.75) is 19.9 Å². The van der Waals surface area contributed by atoms with Gasteiger partial charge in [-0.15, -0.1) is 0 Å². The molecule has 2 heterocycles. The highest BCUT2D eigenvalue weighted by Gasteiger charge is 2.23. The highest BCUT2D eigenvalue weighted by atomic mass is 19.2. The molecule has 3 rings (SSSR count). The van der Waals surface area contributed by atoms with Gasteiger partial charge in [0.25, 0.3) is 0 Å². The van der Waals surface area contributed by atoms with Crippen LogP contribution in [-0.4, -0.2) is 29.8 Å². The van der Waals surface area contributed by atoms with Crippen molar-refractivity contribution in [3.63, 3.8) is 0 Å². The van der Waals surface area contributed by atoms with E-state index >= 15 is 0 Å². The molecular formula is C16H20F2N4. The lowest BCUT2D eigenvalue weighted by molar-refractivity contribution is 0.507. The molecule has 1 aliphatic heterocycles. The molecule has 2 aromatic rings. The number of aryl methyl sites for hydroxylation is 1. The van der Waals surface area contributed by atoms with E-state index in [-0.39, 0.29) is 0 Å². The molecule has 0 aliphatic carbocycles. The first-order valence-electron chi connectivity index (χ1n) is 7.53. The third kappa shape index (κ3) is 3.27. The number of hydrogen-bond donors (Lipinski definition) is 2. The Balaban J connectivity index is 1.49. The van der Waals surface area contributed by atoms with Crippen LogP contribution in [0.3, 0.4) is 0 Å². The fourth-order valence-corrected chi connectivity index (χ4v) is 2.87. The zero-order valence-corrected chi connectivity index (χ0v) is 12.6. The fourth-order valence-electron chi connectivity index (χ4n) is 2.87. The summed E-state index contributed by atoms with van der Waals surface area (Å²) < 4.78 is 26.3. The Hall–Kier alpha value is -1.95. The molecule has 0 spiro atoms. The van der Waals surface area contributed by atoms with Crippen molar-refractivity contribution in [2.75, 3.05) is 24.5 Å². The van der Waals surface area contributed by atoms with Gasteiger partial charge >= 0.3 is 0 Å². The Bertz CT molecular complexity index is 641. The quantitative estimate of drug-likeness (QED) is 0.892. The molecule has 0 radical (unpaired) electrons. The third-order valence-electron chi connectivity index (χ3n) is 4.22. The molecule has 118 valence electrons. The Kier molecular flexibility index (Phi) is 4.38. The number of hydrogen-bond acceptors (Lipinski definition) is 3. The average molecular weight is 306 g/mol. The highest BCUT2D eigenvalue weighted by Crippen LogP contribution is 2.25. The van der Waals surface area contributed by atoms with Crippen molar-refractivity contribution >= 4 is 5.69 Å². The number of anilines is 1. The number of nitrogens with one attached hydrogen (secondary N) is 2. The van der Waals surface area contributed by atoms with Crippen LogP contribution in [0.2, 0.25) is 0 Å². The van der Waals surface area contributed by atoms with Crippen molar-refractivity contribution in [3.05, 3.63) is 47.3 Å². The van der Waals surface area contributed by atoms with Gasteiger partial charge in [-0.2, -0.15) is 5.10 Å². The molecule has 4 nitrogen and oxygen atoms in total. The summed E-state index contributed by atoms with van der Waals surface area (Å²) in [6.45, 7) is 5.44. The summed E-state index contributed by atoms with van der Waals surface area (Å²) in [6.07, 6.45) is 2.87. The normalized spacial score (nSPS) is 18.1. The number of benzene rings is 1. The molecule has 1 atom stereocenters. The summed E-state index contributed by atoms with van der Waals surface area (Å²) in [5.74, 6) is -1.07. The zero-order valence-electron chi connectivity index (χ0n) is 12.6. The summed E-state index contributed by atoms with van der Waals surface area (Å²) >= 11 is 0. The first kappa shape index (κ1) is 15.0. The number of aromatic nitrogens is 2. The van der Waals surface area contributed by atoms with E-state index in [4.69, 9.17) is 0 Å². The molecule has 22 heavy (non-hydrogen) atoms. The maximum atomic E-state index is 13.3. The van der Waals surface area contributed by atoms with E-state index in [9.17, 15) is 8.78 Å². The van der Waals surface area contributed by atoms with E-state index in [0.717, 1.165) is 49.5 Å². The average Bonchev–Trinajstić information content (AvgIpc) is 3.12. The van der Waals surface area contributed by atoms with Crippen LogP contribution in [0.5, 0.6) is 0 Å². The number of rotatable bonds is 5. The number of H-pyrrole nitrogens is 1. The van der Waals surface area contributed by atoms with Crippen LogP contribution >= 0.6 is 0 Å². The minimum absolute atomic E-state index is 0.511. The summed E-state index contributed by atoms with van der Waals surface area (Å²) in [5.41, 5.74) is 3.02. The Morgan fingerprint density at radius 2 is 2.23 bits per heavy atom. The lowest BCUT2D eigenvalue weighted by atomic mass is 10.1. The molecule has 0 bridgehead atoms. The van der Waals surface area contributed by atoms with Crippen molar-refractivity contribution in [3.8, 4) is 0 Å². The first-order chi connectivity index (χ1) is 10.6. The van der Waals surface area contributed by atoms with Crippen LogP contribution < -0.4 is 10.2 Å². The summed E-state index contributed by atoms with van der Waals surface area (Å²) in [4.78, 5) is 2.11. The minimum Gasteiger partial charge on any atom is -0.371 e. The van der Waals surface area contributed by atoms with Crippen LogP contribution in [0, 0.1) is 24.5 Å². The third-order valence-corrected chi connectivity index (χ3v) is 4.22. The fraction of sp³-hybridized carbons (Fsp3) is 0.438. The molecule has 1 aliphatic rings. The van der Waals surface area contributed by atoms with Crippen molar-refractivity contribution in [1.82, 2.24) is 15.5 Å². The van der Waals surface area contributed by atoms with Crippen LogP contribution in [0.1, 0.15) is 17.7 Å². The van der Waals surface area contributed by atoms with E-state index in [1.807, 2.05) is 13.1 Å². The van der Waals surface area contributed by atoms with Crippen LogP contribution in [-0.2, 0) is 6.54 Å². The highest BCUT2D eigenvalue weighted by molar-refractivity contribution is 5.47. The van der Waals surface area contributed by atoms with E-state index in [1.54, 1.807) is 6.07 Å². The van der Waals surface area contributed by atoms with Gasteiger partial charge < -0.3 is 10.2 Å². The van der Waals surface area contributed by atoms with Gasteiger partial charge in [-0.25, -0.2) is 8.78 Å². The predicted molar refractivity (Wildman–Crippen MR) is 81.7 cm³/mol. The second kappa shape index (κ2) is 6.44. The molecule has 0 amide bonds. The van der Waals surface area contributed by atoms with Crippen molar-refractivity contribution in [1.29, 1.82) is 0 Å². The van der Waals surface area contributed by atoms with Crippen molar-refractivity contribution in [2.24, 2.45) is 5.92 Å². The SMILES string of the molecule is Cc1cn[nH]c1CNCC1CCN(c2ccc(F)c(F)c2)C1. The van der Waals surface area contributed by atoms with Gasteiger partial charge in [0.1, 0.15) is 0 Å². The predicted octanol–water partition coefficient (Wildman–Crippen LogP) is 2.61. The second-order valence-electron chi connectivity index (χ2n) is 5.86. The van der Waals surface area contributed by atoms with Gasteiger partial charge in [0.2, 0.25) is 0 Å².